The number of hydrogen-bond donors (Lipinski definition) is 1. The molecule has 0 fully saturated rings. The number of hydrogen-bond acceptors (Lipinski definition) is 3. The highest BCUT2D eigenvalue weighted by atomic mass is 79.9. The van der Waals surface area contributed by atoms with Gasteiger partial charge in [0.1, 0.15) is 0 Å². The largest absolute Gasteiger partial charge is 0.465 e. The van der Waals surface area contributed by atoms with E-state index in [1.54, 1.807) is 42.5 Å². The van der Waals surface area contributed by atoms with Gasteiger partial charge in [0.15, 0.2) is 0 Å². The summed E-state index contributed by atoms with van der Waals surface area (Å²) < 4.78 is 5.42. The molecule has 0 spiro atoms. The van der Waals surface area contributed by atoms with E-state index in [0.29, 0.717) is 20.7 Å². The summed E-state index contributed by atoms with van der Waals surface area (Å²) in [7, 11) is 1.28. The zero-order valence-corrected chi connectivity index (χ0v) is 13.4. The molecule has 2 aromatic carbocycles. The summed E-state index contributed by atoms with van der Waals surface area (Å²) >= 11 is 9.13. The molecule has 21 heavy (non-hydrogen) atoms. The first kappa shape index (κ1) is 15.5. The van der Waals surface area contributed by atoms with Gasteiger partial charge in [-0.05, 0) is 36.4 Å². The van der Waals surface area contributed by atoms with Crippen LogP contribution in [0.5, 0.6) is 0 Å². The third-order valence-electron chi connectivity index (χ3n) is 2.72. The second-order valence-electron chi connectivity index (χ2n) is 4.15. The van der Waals surface area contributed by atoms with E-state index in [4.69, 9.17) is 16.3 Å². The maximum atomic E-state index is 12.2. The maximum Gasteiger partial charge on any atom is 0.340 e. The number of methoxy groups -OCH3 is 1. The molecule has 6 heteroatoms. The predicted octanol–water partition coefficient (Wildman–Crippen LogP) is 4.14. The quantitative estimate of drug-likeness (QED) is 0.828. The lowest BCUT2D eigenvalue weighted by atomic mass is 10.1. The Morgan fingerprint density at radius 3 is 2.62 bits per heavy atom. The molecule has 0 bridgehead atoms. The Morgan fingerprint density at radius 2 is 1.95 bits per heavy atom. The van der Waals surface area contributed by atoms with Crippen LogP contribution in [-0.4, -0.2) is 19.0 Å². The number of anilines is 1. The van der Waals surface area contributed by atoms with Gasteiger partial charge < -0.3 is 10.1 Å². The van der Waals surface area contributed by atoms with Crippen molar-refractivity contribution >= 4 is 45.1 Å². The van der Waals surface area contributed by atoms with Crippen molar-refractivity contribution in [2.24, 2.45) is 0 Å². The van der Waals surface area contributed by atoms with E-state index < -0.39 is 5.97 Å². The summed E-state index contributed by atoms with van der Waals surface area (Å²) in [5.74, 6) is -0.886. The molecule has 2 rings (SSSR count). The number of benzene rings is 2. The Bertz CT molecular complexity index is 703. The molecule has 0 aromatic heterocycles. The monoisotopic (exact) mass is 367 g/mol. The Labute approximate surface area is 135 Å². The summed E-state index contributed by atoms with van der Waals surface area (Å²) in [5.41, 5.74) is 1.04. The number of amides is 1. The number of ether oxygens (including phenoxy) is 1. The lowest BCUT2D eigenvalue weighted by Gasteiger charge is -2.10. The van der Waals surface area contributed by atoms with Crippen LogP contribution in [0.3, 0.4) is 0 Å². The van der Waals surface area contributed by atoms with Gasteiger partial charge in [-0.1, -0.05) is 33.6 Å². The van der Waals surface area contributed by atoms with E-state index in [-0.39, 0.29) is 11.5 Å². The van der Waals surface area contributed by atoms with E-state index in [9.17, 15) is 9.59 Å². The van der Waals surface area contributed by atoms with Crippen LogP contribution in [0.25, 0.3) is 0 Å². The van der Waals surface area contributed by atoms with Crippen molar-refractivity contribution in [2.45, 2.75) is 0 Å². The lowest BCUT2D eigenvalue weighted by Crippen LogP contribution is -2.15. The van der Waals surface area contributed by atoms with Crippen molar-refractivity contribution in [2.75, 3.05) is 12.4 Å². The van der Waals surface area contributed by atoms with Crippen molar-refractivity contribution in [1.82, 2.24) is 0 Å². The number of esters is 1. The van der Waals surface area contributed by atoms with Gasteiger partial charge in [0.05, 0.1) is 18.4 Å². The minimum atomic E-state index is -0.530. The van der Waals surface area contributed by atoms with Crippen molar-refractivity contribution in [3.05, 3.63) is 63.1 Å². The number of nitrogens with one attached hydrogen (secondary N) is 1. The number of carbonyl (C=O) groups is 2. The summed E-state index contributed by atoms with van der Waals surface area (Å²) in [6, 6.07) is 11.5. The smallest absolute Gasteiger partial charge is 0.340 e. The SMILES string of the molecule is COC(=O)c1cc(Br)ccc1NC(=O)c1cccc(Cl)c1. The van der Waals surface area contributed by atoms with Gasteiger partial charge in [-0.25, -0.2) is 4.79 Å². The predicted molar refractivity (Wildman–Crippen MR) is 84.9 cm³/mol. The minimum Gasteiger partial charge on any atom is -0.465 e. The minimum absolute atomic E-state index is 0.266. The first-order chi connectivity index (χ1) is 10.0. The summed E-state index contributed by atoms with van der Waals surface area (Å²) in [6.45, 7) is 0. The zero-order valence-electron chi connectivity index (χ0n) is 11.0. The molecule has 0 heterocycles. The van der Waals surface area contributed by atoms with Crippen LogP contribution in [0.15, 0.2) is 46.9 Å². The molecule has 2 aromatic rings. The van der Waals surface area contributed by atoms with Crippen LogP contribution in [0.1, 0.15) is 20.7 Å². The Hall–Kier alpha value is -1.85. The highest BCUT2D eigenvalue weighted by Gasteiger charge is 2.15. The number of rotatable bonds is 3. The first-order valence-electron chi connectivity index (χ1n) is 5.96. The van der Waals surface area contributed by atoms with Gasteiger partial charge in [0.25, 0.3) is 5.91 Å². The Morgan fingerprint density at radius 1 is 1.19 bits per heavy atom. The summed E-state index contributed by atoms with van der Waals surface area (Å²) in [5, 5.41) is 3.14. The van der Waals surface area contributed by atoms with Crippen LogP contribution >= 0.6 is 27.5 Å². The van der Waals surface area contributed by atoms with Gasteiger partial charge >= 0.3 is 5.97 Å². The zero-order chi connectivity index (χ0) is 15.4. The van der Waals surface area contributed by atoms with E-state index >= 15 is 0 Å². The third kappa shape index (κ3) is 3.83. The second-order valence-corrected chi connectivity index (χ2v) is 5.50. The third-order valence-corrected chi connectivity index (χ3v) is 3.45. The molecule has 0 aliphatic carbocycles. The van der Waals surface area contributed by atoms with E-state index in [1.165, 1.54) is 7.11 Å². The van der Waals surface area contributed by atoms with Crippen molar-refractivity contribution in [3.63, 3.8) is 0 Å². The number of carbonyl (C=O) groups excluding carboxylic acids is 2. The van der Waals surface area contributed by atoms with Crippen LogP contribution in [0.4, 0.5) is 5.69 Å². The number of halogens is 2. The molecule has 0 radical (unpaired) electrons. The first-order valence-corrected chi connectivity index (χ1v) is 7.13. The van der Waals surface area contributed by atoms with Gasteiger partial charge in [0, 0.05) is 15.1 Å². The fourth-order valence-electron chi connectivity index (χ4n) is 1.73. The Kier molecular flexibility index (Phi) is 4.98. The molecule has 108 valence electrons. The topological polar surface area (TPSA) is 55.4 Å². The van der Waals surface area contributed by atoms with Crippen molar-refractivity contribution < 1.29 is 14.3 Å². The van der Waals surface area contributed by atoms with Gasteiger partial charge in [-0.15, -0.1) is 0 Å². The molecule has 0 aliphatic rings. The van der Waals surface area contributed by atoms with Crippen LogP contribution in [0, 0.1) is 0 Å². The average molecular weight is 369 g/mol. The molecule has 0 atom stereocenters. The maximum absolute atomic E-state index is 12.2. The highest BCUT2D eigenvalue weighted by Crippen LogP contribution is 2.23. The lowest BCUT2D eigenvalue weighted by molar-refractivity contribution is 0.0602. The van der Waals surface area contributed by atoms with Gasteiger partial charge in [-0.2, -0.15) is 0 Å². The normalized spacial score (nSPS) is 10.0. The summed E-state index contributed by atoms with van der Waals surface area (Å²) in [4.78, 5) is 23.9. The molecule has 0 aliphatic heterocycles. The van der Waals surface area contributed by atoms with Gasteiger partial charge in [-0.3, -0.25) is 4.79 Å². The Balaban J connectivity index is 2.31. The molecule has 1 amide bonds. The molecule has 0 saturated heterocycles. The van der Waals surface area contributed by atoms with Gasteiger partial charge in [0.2, 0.25) is 0 Å². The highest BCUT2D eigenvalue weighted by molar-refractivity contribution is 9.10. The standard InChI is InChI=1S/C15H11BrClNO3/c1-21-15(20)12-8-10(16)5-6-13(12)18-14(19)9-3-2-4-11(17)7-9/h2-8H,1H3,(H,18,19). The molecular formula is C15H11BrClNO3. The molecule has 0 saturated carbocycles. The van der Waals surface area contributed by atoms with E-state index in [2.05, 4.69) is 21.2 Å². The van der Waals surface area contributed by atoms with E-state index in [0.717, 1.165) is 0 Å². The molecule has 0 unspecified atom stereocenters. The van der Waals surface area contributed by atoms with Crippen molar-refractivity contribution in [1.29, 1.82) is 0 Å². The van der Waals surface area contributed by atoms with Crippen molar-refractivity contribution in [3.8, 4) is 0 Å². The average Bonchev–Trinajstić information content (AvgIpc) is 2.48. The fraction of sp³-hybridized carbons (Fsp3) is 0.0667. The fourth-order valence-corrected chi connectivity index (χ4v) is 2.28. The molecule has 4 nitrogen and oxygen atoms in total. The van der Waals surface area contributed by atoms with Crippen LogP contribution < -0.4 is 5.32 Å². The molecular weight excluding hydrogens is 358 g/mol. The second kappa shape index (κ2) is 6.74. The summed E-state index contributed by atoms with van der Waals surface area (Å²) in [6.07, 6.45) is 0. The van der Waals surface area contributed by atoms with Crippen LogP contribution in [-0.2, 0) is 4.74 Å². The molecule has 1 N–H and O–H groups in total. The van der Waals surface area contributed by atoms with Crippen LogP contribution in [0.2, 0.25) is 5.02 Å². The van der Waals surface area contributed by atoms with E-state index in [1.807, 2.05) is 0 Å².